The number of benzene rings is 3. The number of methoxy groups -OCH3 is 4. The number of hydroxylamine groups is 2. The molecule has 1 heterocycles. The lowest BCUT2D eigenvalue weighted by molar-refractivity contribution is -0.0120. The molecule has 0 spiro atoms. The average molecular weight is 592 g/mol. The quantitative estimate of drug-likeness (QED) is 0.131. The number of carbonyl (C=O) groups is 1. The second-order valence-corrected chi connectivity index (χ2v) is 9.85. The molecule has 0 bridgehead atoms. The van der Waals surface area contributed by atoms with Crippen LogP contribution < -0.4 is 23.7 Å². The third-order valence-corrected chi connectivity index (χ3v) is 7.36. The highest BCUT2D eigenvalue weighted by atomic mass is 16.5. The third kappa shape index (κ3) is 6.43. The Hall–Kier alpha value is -4.59. The SMILES string of the molecule is CCCOc1ccc(C2(c3cc(OC)c(OC)c(OC)c3)OCCC2CC#CN(O)C(=O)c2ccc(O)cc2)cc1OC. The molecule has 0 radical (unpaired) electrons. The Labute approximate surface area is 251 Å². The van der Waals surface area contributed by atoms with Crippen molar-refractivity contribution >= 4 is 5.91 Å². The zero-order valence-electron chi connectivity index (χ0n) is 25.0. The first-order valence-corrected chi connectivity index (χ1v) is 13.9. The number of hydrogen-bond donors (Lipinski definition) is 2. The molecular weight excluding hydrogens is 554 g/mol. The monoisotopic (exact) mass is 591 g/mol. The van der Waals surface area contributed by atoms with Crippen LogP contribution in [-0.2, 0) is 10.3 Å². The van der Waals surface area contributed by atoms with Gasteiger partial charge in [-0.25, -0.2) is 0 Å². The summed E-state index contributed by atoms with van der Waals surface area (Å²) in [7, 11) is 6.23. The van der Waals surface area contributed by atoms with E-state index in [1.807, 2.05) is 37.3 Å². The fourth-order valence-corrected chi connectivity index (χ4v) is 5.28. The molecule has 1 aliphatic rings. The maximum Gasteiger partial charge on any atom is 0.289 e. The lowest BCUT2D eigenvalue weighted by atomic mass is 9.74. The third-order valence-electron chi connectivity index (χ3n) is 7.36. The average Bonchev–Trinajstić information content (AvgIpc) is 3.47. The normalized spacial score (nSPS) is 17.4. The molecule has 2 atom stereocenters. The van der Waals surface area contributed by atoms with E-state index in [1.54, 1.807) is 28.4 Å². The lowest BCUT2D eigenvalue weighted by Gasteiger charge is -2.36. The highest BCUT2D eigenvalue weighted by Crippen LogP contribution is 2.52. The van der Waals surface area contributed by atoms with Crippen molar-refractivity contribution in [1.29, 1.82) is 0 Å². The van der Waals surface area contributed by atoms with Crippen molar-refractivity contribution in [2.24, 2.45) is 5.92 Å². The number of nitrogens with zero attached hydrogens (tertiary/aromatic N) is 1. The van der Waals surface area contributed by atoms with Gasteiger partial charge < -0.3 is 33.5 Å². The molecule has 0 aromatic heterocycles. The molecule has 3 aromatic carbocycles. The van der Waals surface area contributed by atoms with Crippen LogP contribution in [0.25, 0.3) is 0 Å². The molecule has 0 aliphatic carbocycles. The van der Waals surface area contributed by atoms with Gasteiger partial charge in [-0.05, 0) is 72.5 Å². The Kier molecular flexibility index (Phi) is 10.2. The Balaban J connectivity index is 1.78. The van der Waals surface area contributed by atoms with Gasteiger partial charge >= 0.3 is 0 Å². The lowest BCUT2D eigenvalue weighted by Crippen LogP contribution is -2.34. The molecule has 2 N–H and O–H groups in total. The van der Waals surface area contributed by atoms with Crippen LogP contribution in [0.3, 0.4) is 0 Å². The van der Waals surface area contributed by atoms with Crippen molar-refractivity contribution < 1.29 is 43.5 Å². The molecule has 1 aliphatic heterocycles. The van der Waals surface area contributed by atoms with Crippen LogP contribution >= 0.6 is 0 Å². The first kappa shape index (κ1) is 31.3. The molecule has 0 saturated carbocycles. The Morgan fingerprint density at radius 2 is 1.58 bits per heavy atom. The van der Waals surface area contributed by atoms with E-state index in [0.717, 1.165) is 17.5 Å². The molecule has 2 unspecified atom stereocenters. The maximum absolute atomic E-state index is 12.6. The number of amides is 1. The molecule has 4 rings (SSSR count). The summed E-state index contributed by atoms with van der Waals surface area (Å²) >= 11 is 0. The van der Waals surface area contributed by atoms with Crippen LogP contribution in [0.2, 0.25) is 0 Å². The molecule has 228 valence electrons. The zero-order chi connectivity index (χ0) is 31.0. The maximum atomic E-state index is 12.6. The molecule has 43 heavy (non-hydrogen) atoms. The van der Waals surface area contributed by atoms with Gasteiger partial charge in [-0.2, -0.15) is 0 Å². The Morgan fingerprint density at radius 1 is 0.930 bits per heavy atom. The van der Waals surface area contributed by atoms with Crippen molar-refractivity contribution in [2.75, 3.05) is 41.7 Å². The highest BCUT2D eigenvalue weighted by molar-refractivity contribution is 5.94. The summed E-state index contributed by atoms with van der Waals surface area (Å²) in [5.74, 6) is 4.60. The van der Waals surface area contributed by atoms with E-state index in [2.05, 4.69) is 12.0 Å². The molecule has 10 heteroatoms. The molecule has 1 fully saturated rings. The Bertz CT molecular complexity index is 1450. The summed E-state index contributed by atoms with van der Waals surface area (Å²) in [4.78, 5) is 12.6. The first-order valence-electron chi connectivity index (χ1n) is 13.9. The Morgan fingerprint density at radius 3 is 2.19 bits per heavy atom. The fraction of sp³-hybridized carbons (Fsp3) is 0.364. The van der Waals surface area contributed by atoms with Gasteiger partial charge in [0.05, 0.1) is 35.0 Å². The number of aromatic hydroxyl groups is 1. The summed E-state index contributed by atoms with van der Waals surface area (Å²) < 4.78 is 35.1. The summed E-state index contributed by atoms with van der Waals surface area (Å²) in [5, 5.41) is 20.2. The van der Waals surface area contributed by atoms with E-state index >= 15 is 0 Å². The van der Waals surface area contributed by atoms with E-state index in [9.17, 15) is 15.1 Å². The van der Waals surface area contributed by atoms with Gasteiger partial charge in [-0.15, -0.1) is 5.06 Å². The largest absolute Gasteiger partial charge is 0.508 e. The zero-order valence-corrected chi connectivity index (χ0v) is 25.0. The van der Waals surface area contributed by atoms with Crippen molar-refractivity contribution in [1.82, 2.24) is 5.06 Å². The topological polar surface area (TPSA) is 116 Å². The van der Waals surface area contributed by atoms with Gasteiger partial charge in [-0.3, -0.25) is 10.0 Å². The van der Waals surface area contributed by atoms with Crippen LogP contribution in [0.1, 0.15) is 47.7 Å². The van der Waals surface area contributed by atoms with Crippen LogP contribution in [0.5, 0.6) is 34.5 Å². The number of ether oxygens (including phenoxy) is 6. The predicted molar refractivity (Wildman–Crippen MR) is 158 cm³/mol. The number of hydrogen-bond acceptors (Lipinski definition) is 9. The van der Waals surface area contributed by atoms with Crippen molar-refractivity contribution in [3.8, 4) is 46.5 Å². The standard InChI is InChI=1S/C33H37NO9/c1-6-17-42-27-14-11-24(19-28(27)38-2)33(25-20-29(39-3)31(41-5)30(21-25)40-4)23(15-18-43-33)8-7-16-34(37)32(36)22-9-12-26(35)13-10-22/h9-14,19-21,23,35,37H,6,8,15,17-18H2,1-5H3. The number of phenolic OH excluding ortho intramolecular Hbond substituents is 1. The van der Waals surface area contributed by atoms with Crippen molar-refractivity contribution in [3.05, 3.63) is 71.3 Å². The van der Waals surface area contributed by atoms with E-state index < -0.39 is 11.5 Å². The molecule has 1 saturated heterocycles. The highest BCUT2D eigenvalue weighted by Gasteiger charge is 2.48. The minimum Gasteiger partial charge on any atom is -0.508 e. The molecule has 10 nitrogen and oxygen atoms in total. The number of carbonyl (C=O) groups excluding carboxylic acids is 1. The summed E-state index contributed by atoms with van der Waals surface area (Å²) in [5.41, 5.74) is 0.701. The van der Waals surface area contributed by atoms with Crippen molar-refractivity contribution in [2.45, 2.75) is 31.8 Å². The first-order chi connectivity index (χ1) is 20.8. The van der Waals surface area contributed by atoms with Crippen molar-refractivity contribution in [3.63, 3.8) is 0 Å². The number of rotatable bonds is 11. The van der Waals surface area contributed by atoms with Gasteiger partial charge in [0.15, 0.2) is 23.0 Å². The van der Waals surface area contributed by atoms with Gasteiger partial charge in [0.1, 0.15) is 11.4 Å². The van der Waals surface area contributed by atoms with Gasteiger partial charge in [-0.1, -0.05) is 18.9 Å². The van der Waals surface area contributed by atoms with Gasteiger partial charge in [0.25, 0.3) is 5.91 Å². The minimum atomic E-state index is -1.03. The van der Waals surface area contributed by atoms with E-state index in [4.69, 9.17) is 28.4 Å². The molecule has 1 amide bonds. The van der Waals surface area contributed by atoms with Gasteiger partial charge in [0, 0.05) is 30.6 Å². The second kappa shape index (κ2) is 14.1. The summed E-state index contributed by atoms with van der Waals surface area (Å²) in [6.45, 7) is 3.00. The summed E-state index contributed by atoms with van der Waals surface area (Å²) in [6, 6.07) is 17.5. The predicted octanol–water partition coefficient (Wildman–Crippen LogP) is 5.38. The smallest absolute Gasteiger partial charge is 0.289 e. The minimum absolute atomic E-state index is 0.0121. The second-order valence-electron chi connectivity index (χ2n) is 9.85. The van der Waals surface area contributed by atoms with Crippen LogP contribution in [-0.4, -0.2) is 62.9 Å². The molecule has 3 aromatic rings. The van der Waals surface area contributed by atoms with E-state index in [0.29, 0.717) is 53.4 Å². The van der Waals surface area contributed by atoms with Crippen LogP contribution in [0.15, 0.2) is 54.6 Å². The van der Waals surface area contributed by atoms with Gasteiger partial charge in [0.2, 0.25) is 5.75 Å². The van der Waals surface area contributed by atoms with E-state index in [-0.39, 0.29) is 23.7 Å². The summed E-state index contributed by atoms with van der Waals surface area (Å²) in [6.07, 6.45) is 1.76. The molecular formula is C33H37NO9. The van der Waals surface area contributed by atoms with E-state index in [1.165, 1.54) is 24.3 Å². The van der Waals surface area contributed by atoms with Crippen LogP contribution in [0.4, 0.5) is 0 Å². The number of phenols is 1. The fourth-order valence-electron chi connectivity index (χ4n) is 5.28. The van der Waals surface area contributed by atoms with Crippen LogP contribution in [0, 0.1) is 17.9 Å².